The van der Waals surface area contributed by atoms with E-state index < -0.39 is 11.6 Å². The first-order valence-corrected chi connectivity index (χ1v) is 6.55. The summed E-state index contributed by atoms with van der Waals surface area (Å²) < 4.78 is 26.0. The lowest BCUT2D eigenvalue weighted by Gasteiger charge is -2.22. The fraction of sp³-hybridized carbons (Fsp3) is 0.500. The van der Waals surface area contributed by atoms with Crippen molar-refractivity contribution in [3.8, 4) is 0 Å². The molecule has 0 aromatic heterocycles. The summed E-state index contributed by atoms with van der Waals surface area (Å²) in [7, 11) is 0. The Morgan fingerprint density at radius 3 is 2.88 bits per heavy atom. The van der Waals surface area contributed by atoms with Gasteiger partial charge in [-0.05, 0) is 31.5 Å². The van der Waals surface area contributed by atoms with Crippen LogP contribution in [-0.4, -0.2) is 18.3 Å². The van der Waals surface area contributed by atoms with Crippen LogP contribution >= 0.6 is 11.8 Å². The number of halogens is 2. The van der Waals surface area contributed by atoms with E-state index >= 15 is 0 Å². The minimum Gasteiger partial charge on any atom is -0.313 e. The second kappa shape index (κ2) is 5.64. The number of hydrogen-bond donors (Lipinski definition) is 1. The summed E-state index contributed by atoms with van der Waals surface area (Å²) in [4.78, 5) is 0.536. The zero-order chi connectivity index (χ0) is 11.4. The molecule has 0 amide bonds. The number of benzene rings is 1. The lowest BCUT2D eigenvalue weighted by molar-refractivity contribution is 0.429. The molecule has 16 heavy (non-hydrogen) atoms. The van der Waals surface area contributed by atoms with Gasteiger partial charge in [0.05, 0.1) is 0 Å². The molecule has 0 saturated carbocycles. The van der Waals surface area contributed by atoms with E-state index in [1.807, 2.05) is 0 Å². The zero-order valence-electron chi connectivity index (χ0n) is 9.01. The minimum atomic E-state index is -0.516. The van der Waals surface area contributed by atoms with Gasteiger partial charge in [0, 0.05) is 22.8 Å². The van der Waals surface area contributed by atoms with Crippen molar-refractivity contribution in [3.05, 3.63) is 29.8 Å². The third-order valence-corrected chi connectivity index (χ3v) is 3.96. The molecule has 0 radical (unpaired) electrons. The zero-order valence-corrected chi connectivity index (χ0v) is 9.83. The SMILES string of the molecule is Fc1ccc(SCC2CCCCN2)c(F)c1. The summed E-state index contributed by atoms with van der Waals surface area (Å²) in [6, 6.07) is 4.22. The molecule has 0 bridgehead atoms. The first-order chi connectivity index (χ1) is 7.75. The van der Waals surface area contributed by atoms with Crippen LogP contribution in [0.25, 0.3) is 0 Å². The summed E-state index contributed by atoms with van der Waals surface area (Å²) in [6.07, 6.45) is 3.62. The van der Waals surface area contributed by atoms with Crippen LogP contribution in [0.5, 0.6) is 0 Å². The van der Waals surface area contributed by atoms with Gasteiger partial charge in [-0.2, -0.15) is 0 Å². The molecule has 1 unspecified atom stereocenters. The van der Waals surface area contributed by atoms with Crippen LogP contribution in [0.4, 0.5) is 8.78 Å². The highest BCUT2D eigenvalue weighted by Gasteiger charge is 2.13. The number of rotatable bonds is 3. The Morgan fingerprint density at radius 1 is 1.31 bits per heavy atom. The van der Waals surface area contributed by atoms with Gasteiger partial charge in [0.1, 0.15) is 11.6 Å². The molecule has 1 aliphatic rings. The third-order valence-electron chi connectivity index (χ3n) is 2.75. The summed E-state index contributed by atoms with van der Waals surface area (Å²) in [6.45, 7) is 1.05. The van der Waals surface area contributed by atoms with Crippen molar-refractivity contribution < 1.29 is 8.78 Å². The van der Waals surface area contributed by atoms with Gasteiger partial charge in [-0.3, -0.25) is 0 Å². The van der Waals surface area contributed by atoms with E-state index in [1.165, 1.54) is 36.7 Å². The largest absolute Gasteiger partial charge is 0.313 e. The van der Waals surface area contributed by atoms with Crippen molar-refractivity contribution in [2.45, 2.75) is 30.2 Å². The van der Waals surface area contributed by atoms with Gasteiger partial charge in [0.25, 0.3) is 0 Å². The first kappa shape index (κ1) is 11.9. The molecule has 1 nitrogen and oxygen atoms in total. The van der Waals surface area contributed by atoms with Crippen LogP contribution in [0.15, 0.2) is 23.1 Å². The lowest BCUT2D eigenvalue weighted by Crippen LogP contribution is -2.35. The van der Waals surface area contributed by atoms with E-state index in [-0.39, 0.29) is 0 Å². The Kier molecular flexibility index (Phi) is 4.18. The molecule has 1 aromatic rings. The number of piperidine rings is 1. The molecule has 1 aromatic carbocycles. The second-order valence-electron chi connectivity index (χ2n) is 4.03. The number of thioether (sulfide) groups is 1. The topological polar surface area (TPSA) is 12.0 Å². The smallest absolute Gasteiger partial charge is 0.139 e. The molecule has 1 N–H and O–H groups in total. The summed E-state index contributed by atoms with van der Waals surface area (Å²) in [5.74, 6) is -0.124. The Hall–Kier alpha value is -0.610. The number of nitrogens with one attached hydrogen (secondary N) is 1. The molecule has 1 fully saturated rings. The van der Waals surface area contributed by atoms with Gasteiger partial charge in [0.15, 0.2) is 0 Å². The van der Waals surface area contributed by atoms with Crippen molar-refractivity contribution >= 4 is 11.8 Å². The molecular formula is C12H15F2NS. The summed E-state index contributed by atoms with van der Waals surface area (Å²) in [5.41, 5.74) is 0. The maximum absolute atomic E-state index is 13.3. The molecule has 1 atom stereocenters. The quantitative estimate of drug-likeness (QED) is 0.818. The van der Waals surface area contributed by atoms with Gasteiger partial charge < -0.3 is 5.32 Å². The molecule has 2 rings (SSSR count). The van der Waals surface area contributed by atoms with Crippen LogP contribution in [0.1, 0.15) is 19.3 Å². The van der Waals surface area contributed by atoms with Crippen LogP contribution in [0, 0.1) is 11.6 Å². The fourth-order valence-electron chi connectivity index (χ4n) is 1.85. The fourth-order valence-corrected chi connectivity index (χ4v) is 2.88. The normalized spacial score (nSPS) is 21.0. The second-order valence-corrected chi connectivity index (χ2v) is 5.09. The maximum atomic E-state index is 13.3. The van der Waals surface area contributed by atoms with Gasteiger partial charge in [0.2, 0.25) is 0 Å². The van der Waals surface area contributed by atoms with E-state index in [0.717, 1.165) is 24.8 Å². The third kappa shape index (κ3) is 3.19. The molecule has 0 aliphatic carbocycles. The Morgan fingerprint density at radius 2 is 2.19 bits per heavy atom. The summed E-state index contributed by atoms with van der Waals surface area (Å²) >= 11 is 1.46. The van der Waals surface area contributed by atoms with Crippen LogP contribution in [0.3, 0.4) is 0 Å². The molecule has 1 saturated heterocycles. The van der Waals surface area contributed by atoms with E-state index in [1.54, 1.807) is 0 Å². The monoisotopic (exact) mass is 243 g/mol. The maximum Gasteiger partial charge on any atom is 0.139 e. The highest BCUT2D eigenvalue weighted by molar-refractivity contribution is 7.99. The van der Waals surface area contributed by atoms with E-state index in [2.05, 4.69) is 5.32 Å². The van der Waals surface area contributed by atoms with Crippen molar-refractivity contribution in [1.82, 2.24) is 5.32 Å². The molecule has 1 heterocycles. The van der Waals surface area contributed by atoms with E-state index in [0.29, 0.717) is 10.9 Å². The molecular weight excluding hydrogens is 228 g/mol. The van der Waals surface area contributed by atoms with Gasteiger partial charge in [-0.15, -0.1) is 11.8 Å². The lowest BCUT2D eigenvalue weighted by atomic mass is 10.1. The molecule has 4 heteroatoms. The van der Waals surface area contributed by atoms with Crippen LogP contribution in [-0.2, 0) is 0 Å². The van der Waals surface area contributed by atoms with Gasteiger partial charge in [-0.25, -0.2) is 8.78 Å². The van der Waals surface area contributed by atoms with E-state index in [9.17, 15) is 8.78 Å². The summed E-state index contributed by atoms with van der Waals surface area (Å²) in [5, 5.41) is 3.40. The highest BCUT2D eigenvalue weighted by atomic mass is 32.2. The minimum absolute atomic E-state index is 0.458. The molecule has 0 spiro atoms. The van der Waals surface area contributed by atoms with Crippen molar-refractivity contribution in [3.63, 3.8) is 0 Å². The van der Waals surface area contributed by atoms with Gasteiger partial charge in [-0.1, -0.05) is 6.42 Å². The predicted octanol–water partition coefficient (Wildman–Crippen LogP) is 3.20. The molecule has 88 valence electrons. The Labute approximate surface area is 98.6 Å². The predicted molar refractivity (Wildman–Crippen MR) is 62.7 cm³/mol. The Balaban J connectivity index is 1.88. The molecule has 1 aliphatic heterocycles. The van der Waals surface area contributed by atoms with E-state index in [4.69, 9.17) is 0 Å². The standard InChI is InChI=1S/C12H15F2NS/c13-9-4-5-12(11(14)7-9)16-8-10-3-1-2-6-15-10/h4-5,7,10,15H,1-3,6,8H2. The average molecular weight is 243 g/mol. The first-order valence-electron chi connectivity index (χ1n) is 5.57. The van der Waals surface area contributed by atoms with Crippen molar-refractivity contribution in [2.75, 3.05) is 12.3 Å². The van der Waals surface area contributed by atoms with Crippen LogP contribution in [0.2, 0.25) is 0 Å². The number of hydrogen-bond acceptors (Lipinski definition) is 2. The van der Waals surface area contributed by atoms with Crippen LogP contribution < -0.4 is 5.32 Å². The van der Waals surface area contributed by atoms with Gasteiger partial charge >= 0.3 is 0 Å². The Bertz CT molecular complexity index is 351. The highest BCUT2D eigenvalue weighted by Crippen LogP contribution is 2.24. The van der Waals surface area contributed by atoms with Crippen molar-refractivity contribution in [1.29, 1.82) is 0 Å². The average Bonchev–Trinajstić information content (AvgIpc) is 2.29. The van der Waals surface area contributed by atoms with Crippen molar-refractivity contribution in [2.24, 2.45) is 0 Å².